The summed E-state index contributed by atoms with van der Waals surface area (Å²) in [6.07, 6.45) is -4.34. The number of nitrogens with zero attached hydrogens (tertiary/aromatic N) is 1. The topological polar surface area (TPSA) is 32.3 Å². The highest BCUT2D eigenvalue weighted by Gasteiger charge is 2.34. The molecule has 1 heterocycles. The number of carbonyl (C=O) groups is 1. The van der Waals surface area contributed by atoms with Crippen LogP contribution in [0.4, 0.5) is 13.2 Å². The first kappa shape index (κ1) is 17.1. The molecule has 1 fully saturated rings. The quantitative estimate of drug-likeness (QED) is 0.898. The second kappa shape index (κ2) is 6.91. The molecule has 0 radical (unpaired) electrons. The van der Waals surface area contributed by atoms with Crippen LogP contribution in [0.1, 0.15) is 30.3 Å². The van der Waals surface area contributed by atoms with E-state index in [9.17, 15) is 18.0 Å². The van der Waals surface area contributed by atoms with Crippen molar-refractivity contribution in [3.63, 3.8) is 0 Å². The number of rotatable bonds is 5. The fourth-order valence-electron chi connectivity index (χ4n) is 2.28. The van der Waals surface area contributed by atoms with Gasteiger partial charge in [0, 0.05) is 19.1 Å². The minimum atomic E-state index is -4.34. The molecule has 1 atom stereocenters. The number of hydrogen-bond donors (Lipinski definition) is 1. The van der Waals surface area contributed by atoms with Crippen LogP contribution in [0.5, 0.6) is 0 Å². The molecule has 3 nitrogen and oxygen atoms in total. The van der Waals surface area contributed by atoms with Crippen molar-refractivity contribution in [3.05, 3.63) is 35.4 Å². The fourth-order valence-corrected chi connectivity index (χ4v) is 3.50. The highest BCUT2D eigenvalue weighted by Crippen LogP contribution is 2.39. The molecule has 1 N–H and O–H groups in total. The third-order valence-electron chi connectivity index (χ3n) is 3.40. The first-order chi connectivity index (χ1) is 10.3. The van der Waals surface area contributed by atoms with Gasteiger partial charge in [-0.05, 0) is 17.7 Å². The number of benzene rings is 1. The lowest BCUT2D eigenvalue weighted by Gasteiger charge is -2.25. The van der Waals surface area contributed by atoms with Gasteiger partial charge < -0.3 is 10.2 Å². The number of hydrogen-bond acceptors (Lipinski definition) is 3. The van der Waals surface area contributed by atoms with Crippen LogP contribution in [0.25, 0.3) is 0 Å². The molecular formula is C15H19F3N2OS. The maximum atomic E-state index is 12.6. The van der Waals surface area contributed by atoms with Crippen molar-refractivity contribution >= 4 is 17.7 Å². The number of amides is 1. The molecule has 0 saturated carbocycles. The zero-order valence-corrected chi connectivity index (χ0v) is 13.3. The van der Waals surface area contributed by atoms with Gasteiger partial charge >= 0.3 is 6.18 Å². The van der Waals surface area contributed by atoms with Crippen molar-refractivity contribution in [2.24, 2.45) is 0 Å². The lowest BCUT2D eigenvalue weighted by Crippen LogP contribution is -2.37. The number of halogens is 3. The molecule has 0 bridgehead atoms. The van der Waals surface area contributed by atoms with E-state index in [0.29, 0.717) is 24.9 Å². The normalized spacial score (nSPS) is 19.3. The largest absolute Gasteiger partial charge is 0.416 e. The lowest BCUT2D eigenvalue weighted by molar-refractivity contribution is -0.137. The van der Waals surface area contributed by atoms with Crippen molar-refractivity contribution in [1.29, 1.82) is 0 Å². The summed E-state index contributed by atoms with van der Waals surface area (Å²) in [5.41, 5.74) is 0.0620. The average molecular weight is 332 g/mol. The Morgan fingerprint density at radius 2 is 1.95 bits per heavy atom. The molecule has 0 unspecified atom stereocenters. The predicted molar refractivity (Wildman–Crippen MR) is 81.5 cm³/mol. The second-order valence-corrected chi connectivity index (χ2v) is 6.55. The van der Waals surface area contributed by atoms with Crippen LogP contribution < -0.4 is 5.32 Å². The zero-order valence-electron chi connectivity index (χ0n) is 12.5. The van der Waals surface area contributed by atoms with Crippen molar-refractivity contribution in [3.8, 4) is 0 Å². The number of nitrogens with one attached hydrogen (secondary N) is 1. The Morgan fingerprint density at radius 3 is 2.50 bits per heavy atom. The SMILES string of the molecule is CC(C)NCCN1C(=O)CS[C@H]1c1ccc(C(F)(F)F)cc1. The van der Waals surface area contributed by atoms with E-state index >= 15 is 0 Å². The van der Waals surface area contributed by atoms with E-state index in [1.54, 1.807) is 4.90 Å². The van der Waals surface area contributed by atoms with Crippen molar-refractivity contribution in [2.75, 3.05) is 18.8 Å². The van der Waals surface area contributed by atoms with Gasteiger partial charge in [-0.15, -0.1) is 11.8 Å². The standard InChI is InChI=1S/C15H19F3N2OS/c1-10(2)19-7-8-20-13(21)9-22-14(20)11-3-5-12(6-4-11)15(16,17)18/h3-6,10,14,19H,7-9H2,1-2H3/t14-/m0/s1. The van der Waals surface area contributed by atoms with E-state index in [1.165, 1.54) is 23.9 Å². The van der Waals surface area contributed by atoms with E-state index in [-0.39, 0.29) is 11.3 Å². The molecule has 0 aliphatic carbocycles. The van der Waals surface area contributed by atoms with Crippen molar-refractivity contribution in [1.82, 2.24) is 10.2 Å². The highest BCUT2D eigenvalue weighted by atomic mass is 32.2. The first-order valence-corrected chi connectivity index (χ1v) is 8.15. The molecule has 1 aromatic carbocycles. The van der Waals surface area contributed by atoms with Crippen LogP contribution >= 0.6 is 11.8 Å². The third-order valence-corrected chi connectivity index (χ3v) is 4.65. The number of alkyl halides is 3. The Kier molecular flexibility index (Phi) is 5.39. The van der Waals surface area contributed by atoms with Crippen LogP contribution in [0.3, 0.4) is 0 Å². The van der Waals surface area contributed by atoms with Gasteiger partial charge in [-0.2, -0.15) is 13.2 Å². The Bertz CT molecular complexity index is 517. The second-order valence-electron chi connectivity index (χ2n) is 5.48. The summed E-state index contributed by atoms with van der Waals surface area (Å²) in [6, 6.07) is 5.39. The van der Waals surface area contributed by atoms with Crippen molar-refractivity contribution < 1.29 is 18.0 Å². The van der Waals surface area contributed by atoms with E-state index in [4.69, 9.17) is 0 Å². The molecule has 1 saturated heterocycles. The van der Waals surface area contributed by atoms with Crippen LogP contribution in [-0.4, -0.2) is 35.7 Å². The molecular weight excluding hydrogens is 313 g/mol. The molecule has 1 aromatic rings. The number of carbonyl (C=O) groups excluding carboxylic acids is 1. The fraction of sp³-hybridized carbons (Fsp3) is 0.533. The maximum absolute atomic E-state index is 12.6. The number of thioether (sulfide) groups is 1. The summed E-state index contributed by atoms with van der Waals surface area (Å²) in [6.45, 7) is 5.26. The molecule has 0 aromatic heterocycles. The Labute approximate surface area is 132 Å². The molecule has 7 heteroatoms. The summed E-state index contributed by atoms with van der Waals surface area (Å²) >= 11 is 1.45. The van der Waals surface area contributed by atoms with Gasteiger partial charge in [0.1, 0.15) is 5.37 Å². The third kappa shape index (κ3) is 4.16. The Balaban J connectivity index is 2.07. The van der Waals surface area contributed by atoms with E-state index in [0.717, 1.165) is 17.7 Å². The predicted octanol–water partition coefficient (Wildman–Crippen LogP) is 3.28. The summed E-state index contributed by atoms with van der Waals surface area (Å²) < 4.78 is 37.8. The summed E-state index contributed by atoms with van der Waals surface area (Å²) in [5, 5.41) is 3.04. The van der Waals surface area contributed by atoms with Crippen LogP contribution in [0, 0.1) is 0 Å². The van der Waals surface area contributed by atoms with Crippen LogP contribution in [0.15, 0.2) is 24.3 Å². The monoisotopic (exact) mass is 332 g/mol. The minimum Gasteiger partial charge on any atom is -0.325 e. The summed E-state index contributed by atoms with van der Waals surface area (Å²) in [5.74, 6) is 0.397. The highest BCUT2D eigenvalue weighted by molar-refractivity contribution is 8.00. The maximum Gasteiger partial charge on any atom is 0.416 e. The van der Waals surface area contributed by atoms with E-state index in [1.807, 2.05) is 13.8 Å². The van der Waals surface area contributed by atoms with Gasteiger partial charge in [0.25, 0.3) is 0 Å². The van der Waals surface area contributed by atoms with Gasteiger partial charge in [-0.25, -0.2) is 0 Å². The smallest absolute Gasteiger partial charge is 0.325 e. The summed E-state index contributed by atoms with van der Waals surface area (Å²) in [7, 11) is 0. The molecule has 0 spiro atoms. The van der Waals surface area contributed by atoms with E-state index in [2.05, 4.69) is 5.32 Å². The van der Waals surface area contributed by atoms with Gasteiger partial charge in [0.05, 0.1) is 11.3 Å². The molecule has 1 aliphatic rings. The van der Waals surface area contributed by atoms with Crippen molar-refractivity contribution in [2.45, 2.75) is 31.4 Å². The molecule has 1 aliphatic heterocycles. The van der Waals surface area contributed by atoms with Gasteiger partial charge in [0.15, 0.2) is 0 Å². The lowest BCUT2D eigenvalue weighted by atomic mass is 10.1. The van der Waals surface area contributed by atoms with Gasteiger partial charge in [-0.3, -0.25) is 4.79 Å². The zero-order chi connectivity index (χ0) is 16.3. The Morgan fingerprint density at radius 1 is 1.32 bits per heavy atom. The Hall–Kier alpha value is -1.21. The van der Waals surface area contributed by atoms with Crippen LogP contribution in [0.2, 0.25) is 0 Å². The minimum absolute atomic E-state index is 0.0282. The van der Waals surface area contributed by atoms with E-state index < -0.39 is 11.7 Å². The summed E-state index contributed by atoms with van der Waals surface area (Å²) in [4.78, 5) is 13.7. The molecule has 22 heavy (non-hydrogen) atoms. The molecule has 122 valence electrons. The molecule has 1 amide bonds. The first-order valence-electron chi connectivity index (χ1n) is 7.10. The van der Waals surface area contributed by atoms with Gasteiger partial charge in [-0.1, -0.05) is 26.0 Å². The average Bonchev–Trinajstić information content (AvgIpc) is 2.79. The van der Waals surface area contributed by atoms with Crippen LogP contribution in [-0.2, 0) is 11.0 Å². The van der Waals surface area contributed by atoms with Gasteiger partial charge in [0.2, 0.25) is 5.91 Å². The molecule has 2 rings (SSSR count).